The Hall–Kier alpha value is -1.06. The van der Waals surface area contributed by atoms with Crippen molar-refractivity contribution < 1.29 is 13.2 Å². The Balaban J connectivity index is 2.24. The first-order valence-electron chi connectivity index (χ1n) is 4.67. The first kappa shape index (κ1) is 12.4. The second-order valence-electron chi connectivity index (χ2n) is 3.62. The topological polar surface area (TPSA) is 106 Å². The fraction of sp³-hybridized carbons (Fsp3) is 0.375. The zero-order chi connectivity index (χ0) is 12.6. The van der Waals surface area contributed by atoms with Crippen LogP contribution >= 0.6 is 15.9 Å². The monoisotopic (exact) mass is 320 g/mol. The van der Waals surface area contributed by atoms with E-state index in [0.29, 0.717) is 4.47 Å². The maximum atomic E-state index is 11.6. The number of primary sulfonamides is 1. The Kier molecular flexibility index (Phi) is 3.15. The minimum Gasteiger partial charge on any atom is -0.279 e. The number of amides is 1. The van der Waals surface area contributed by atoms with E-state index in [1.54, 1.807) is 0 Å². The molecule has 1 aliphatic heterocycles. The number of hydrogen-bond donors (Lipinski definition) is 1. The Morgan fingerprint density at radius 1 is 1.41 bits per heavy atom. The van der Waals surface area contributed by atoms with Gasteiger partial charge in [0.05, 0.1) is 4.47 Å². The van der Waals surface area contributed by atoms with Gasteiger partial charge in [-0.1, -0.05) is 0 Å². The predicted molar refractivity (Wildman–Crippen MR) is 63.6 cm³/mol. The van der Waals surface area contributed by atoms with Gasteiger partial charge in [-0.25, -0.2) is 23.5 Å². The maximum absolute atomic E-state index is 11.6. The summed E-state index contributed by atoms with van der Waals surface area (Å²) in [6.07, 6.45) is 2.85. The van der Waals surface area contributed by atoms with Gasteiger partial charge in [0.1, 0.15) is 5.25 Å². The average Bonchev–Trinajstić information content (AvgIpc) is 2.61. The molecule has 2 rings (SSSR count). The summed E-state index contributed by atoms with van der Waals surface area (Å²) >= 11 is 3.17. The number of aromatic nitrogens is 2. The van der Waals surface area contributed by atoms with Crippen LogP contribution in [0.25, 0.3) is 0 Å². The van der Waals surface area contributed by atoms with Crippen molar-refractivity contribution in [1.29, 1.82) is 0 Å². The smallest absolute Gasteiger partial charge is 0.232 e. The molecule has 2 N–H and O–H groups in total. The van der Waals surface area contributed by atoms with Crippen LogP contribution < -0.4 is 10.0 Å². The fourth-order valence-electron chi connectivity index (χ4n) is 1.53. The molecule has 0 saturated carbocycles. The van der Waals surface area contributed by atoms with Crippen LogP contribution in [0.5, 0.6) is 0 Å². The zero-order valence-corrected chi connectivity index (χ0v) is 11.0. The molecular formula is C8H9BrN4O3S. The number of carbonyl (C=O) groups is 1. The quantitative estimate of drug-likeness (QED) is 0.800. The molecule has 0 bridgehead atoms. The van der Waals surface area contributed by atoms with E-state index in [9.17, 15) is 13.2 Å². The van der Waals surface area contributed by atoms with E-state index in [1.165, 1.54) is 17.3 Å². The lowest BCUT2D eigenvalue weighted by molar-refractivity contribution is -0.117. The summed E-state index contributed by atoms with van der Waals surface area (Å²) in [5, 5.41) is 4.13. The molecule has 1 amide bonds. The molecule has 7 nitrogen and oxygen atoms in total. The third-order valence-corrected chi connectivity index (χ3v) is 4.06. The Morgan fingerprint density at radius 3 is 2.47 bits per heavy atom. The summed E-state index contributed by atoms with van der Waals surface area (Å²) in [6, 6.07) is 0. The summed E-state index contributed by atoms with van der Waals surface area (Å²) in [6.45, 7) is -0.000695. The molecule has 0 aromatic carbocycles. The van der Waals surface area contributed by atoms with Crippen molar-refractivity contribution >= 4 is 37.8 Å². The van der Waals surface area contributed by atoms with E-state index in [0.717, 1.165) is 0 Å². The molecule has 2 heterocycles. The van der Waals surface area contributed by atoms with Crippen molar-refractivity contribution in [2.24, 2.45) is 5.14 Å². The number of anilines is 1. The van der Waals surface area contributed by atoms with Gasteiger partial charge in [-0.15, -0.1) is 0 Å². The van der Waals surface area contributed by atoms with Crippen molar-refractivity contribution in [3.8, 4) is 0 Å². The molecule has 92 valence electrons. The highest BCUT2D eigenvalue weighted by Gasteiger charge is 2.38. The highest BCUT2D eigenvalue weighted by molar-refractivity contribution is 9.10. The lowest BCUT2D eigenvalue weighted by atomic mass is 10.4. The number of sulfonamides is 1. The van der Waals surface area contributed by atoms with Crippen LogP contribution in [0.4, 0.5) is 5.95 Å². The van der Waals surface area contributed by atoms with Crippen LogP contribution in [-0.4, -0.2) is 36.1 Å². The summed E-state index contributed by atoms with van der Waals surface area (Å²) in [5.41, 5.74) is 0. The minimum absolute atomic E-state index is 0.000695. The normalized spacial score (nSPS) is 20.9. The Bertz CT molecular complexity index is 544. The number of halogens is 1. The molecule has 1 aliphatic rings. The molecule has 9 heteroatoms. The molecule has 1 saturated heterocycles. The SMILES string of the molecule is NS(=O)(=O)C1CC(=O)N(c2ncc(Br)cn2)C1. The van der Waals surface area contributed by atoms with Crippen LogP contribution in [0.2, 0.25) is 0 Å². The highest BCUT2D eigenvalue weighted by Crippen LogP contribution is 2.21. The molecule has 1 unspecified atom stereocenters. The van der Waals surface area contributed by atoms with Gasteiger partial charge in [0.2, 0.25) is 21.9 Å². The van der Waals surface area contributed by atoms with Crippen molar-refractivity contribution in [1.82, 2.24) is 9.97 Å². The van der Waals surface area contributed by atoms with Crippen molar-refractivity contribution in [3.05, 3.63) is 16.9 Å². The number of nitrogens with zero attached hydrogens (tertiary/aromatic N) is 3. The highest BCUT2D eigenvalue weighted by atomic mass is 79.9. The third kappa shape index (κ3) is 2.61. The second-order valence-corrected chi connectivity index (χ2v) is 6.38. The summed E-state index contributed by atoms with van der Waals surface area (Å²) in [7, 11) is -3.71. The van der Waals surface area contributed by atoms with Gasteiger partial charge >= 0.3 is 0 Å². The van der Waals surface area contributed by atoms with E-state index in [4.69, 9.17) is 5.14 Å². The second kappa shape index (κ2) is 4.31. The molecule has 1 fully saturated rings. The molecule has 17 heavy (non-hydrogen) atoms. The van der Waals surface area contributed by atoms with Crippen LogP contribution in [0.3, 0.4) is 0 Å². The Labute approximate surface area is 106 Å². The molecule has 0 aliphatic carbocycles. The zero-order valence-electron chi connectivity index (χ0n) is 8.58. The van der Waals surface area contributed by atoms with Crippen LogP contribution in [0, 0.1) is 0 Å². The average molecular weight is 321 g/mol. The fourth-order valence-corrected chi connectivity index (χ4v) is 2.47. The van der Waals surface area contributed by atoms with Gasteiger partial charge in [-0.3, -0.25) is 9.69 Å². The van der Waals surface area contributed by atoms with Gasteiger partial charge in [0, 0.05) is 25.4 Å². The van der Waals surface area contributed by atoms with Gasteiger partial charge in [0.15, 0.2) is 0 Å². The van der Waals surface area contributed by atoms with E-state index in [1.807, 2.05) is 0 Å². The predicted octanol–water partition coefficient (Wildman–Crippen LogP) is -0.367. The van der Waals surface area contributed by atoms with E-state index < -0.39 is 15.3 Å². The summed E-state index contributed by atoms with van der Waals surface area (Å²) in [4.78, 5) is 20.7. The van der Waals surface area contributed by atoms with Crippen LogP contribution in [-0.2, 0) is 14.8 Å². The largest absolute Gasteiger partial charge is 0.279 e. The molecule has 1 aromatic rings. The van der Waals surface area contributed by atoms with Crippen LogP contribution in [0.1, 0.15) is 6.42 Å². The Morgan fingerprint density at radius 2 is 2.00 bits per heavy atom. The lowest BCUT2D eigenvalue weighted by Gasteiger charge is -2.13. The van der Waals surface area contributed by atoms with Gasteiger partial charge in [0.25, 0.3) is 0 Å². The molecular weight excluding hydrogens is 312 g/mol. The lowest BCUT2D eigenvalue weighted by Crippen LogP contribution is -2.32. The number of carbonyl (C=O) groups excluding carboxylic acids is 1. The maximum Gasteiger partial charge on any atom is 0.232 e. The van der Waals surface area contributed by atoms with E-state index >= 15 is 0 Å². The van der Waals surface area contributed by atoms with Gasteiger partial charge < -0.3 is 0 Å². The first-order chi connectivity index (χ1) is 7.88. The first-order valence-corrected chi connectivity index (χ1v) is 7.07. The van der Waals surface area contributed by atoms with Gasteiger partial charge in [-0.05, 0) is 15.9 Å². The number of hydrogen-bond acceptors (Lipinski definition) is 5. The summed E-state index contributed by atoms with van der Waals surface area (Å²) < 4.78 is 23.0. The summed E-state index contributed by atoms with van der Waals surface area (Å²) in [5.74, 6) is -0.157. The third-order valence-electron chi connectivity index (χ3n) is 2.40. The van der Waals surface area contributed by atoms with Crippen molar-refractivity contribution in [3.63, 3.8) is 0 Å². The molecule has 1 aromatic heterocycles. The van der Waals surface area contributed by atoms with Crippen LogP contribution in [0.15, 0.2) is 16.9 Å². The van der Waals surface area contributed by atoms with Crippen molar-refractivity contribution in [2.45, 2.75) is 11.7 Å². The molecule has 0 radical (unpaired) electrons. The standard InChI is InChI=1S/C8H9BrN4O3S/c9-5-2-11-8(12-3-5)13-4-6(1-7(13)14)17(10,15)16/h2-3,6H,1,4H2,(H2,10,15,16). The molecule has 1 atom stereocenters. The minimum atomic E-state index is -3.71. The van der Waals surface area contributed by atoms with Crippen molar-refractivity contribution in [2.75, 3.05) is 11.4 Å². The number of rotatable bonds is 2. The van der Waals surface area contributed by atoms with Gasteiger partial charge in [-0.2, -0.15) is 0 Å². The van der Waals surface area contributed by atoms with E-state index in [2.05, 4.69) is 25.9 Å². The van der Waals surface area contributed by atoms with E-state index in [-0.39, 0.29) is 24.8 Å². The number of nitrogens with two attached hydrogens (primary N) is 1. The molecule has 0 spiro atoms.